The van der Waals surface area contributed by atoms with Crippen LogP contribution in [0.2, 0.25) is 5.15 Å². The number of piperidine rings is 1. The second kappa shape index (κ2) is 11.7. The highest BCUT2D eigenvalue weighted by molar-refractivity contribution is 6.31. The molecule has 4 aromatic rings. The maximum atomic E-state index is 14.1. The fourth-order valence-corrected chi connectivity index (χ4v) is 6.27. The number of fused-ring (bicyclic) bond motifs is 1. The number of aromatic nitrogens is 3. The van der Waals surface area contributed by atoms with E-state index in [-0.39, 0.29) is 73.4 Å². The van der Waals surface area contributed by atoms with E-state index < -0.39 is 29.5 Å². The number of morpholine rings is 1. The topological polar surface area (TPSA) is 130 Å². The molecule has 2 amide bonds. The number of benzene rings is 2. The maximum absolute atomic E-state index is 14.1. The molecule has 4 heterocycles. The Morgan fingerprint density at radius 1 is 1.14 bits per heavy atom. The van der Waals surface area contributed by atoms with Crippen LogP contribution in [-0.4, -0.2) is 84.1 Å². The van der Waals surface area contributed by atoms with Crippen molar-refractivity contribution in [3.63, 3.8) is 0 Å². The zero-order chi connectivity index (χ0) is 31.2. The van der Waals surface area contributed by atoms with Gasteiger partial charge in [-0.05, 0) is 55.7 Å². The molecule has 0 aliphatic carbocycles. The molecule has 0 bridgehead atoms. The summed E-state index contributed by atoms with van der Waals surface area (Å²) < 4.78 is 22.8. The van der Waals surface area contributed by atoms with Gasteiger partial charge in [-0.3, -0.25) is 23.6 Å². The third-order valence-corrected chi connectivity index (χ3v) is 8.72. The van der Waals surface area contributed by atoms with Crippen LogP contribution < -0.4 is 5.56 Å². The van der Waals surface area contributed by atoms with Crippen LogP contribution in [0.4, 0.5) is 9.18 Å². The van der Waals surface area contributed by atoms with Crippen molar-refractivity contribution >= 4 is 34.6 Å². The number of carbonyl (C=O) groups excluding carboxylic acids is 1. The number of amides is 2. The van der Waals surface area contributed by atoms with Gasteiger partial charge in [-0.1, -0.05) is 35.9 Å². The summed E-state index contributed by atoms with van der Waals surface area (Å²) in [4.78, 5) is 45.4. The van der Waals surface area contributed by atoms with E-state index in [9.17, 15) is 29.0 Å². The van der Waals surface area contributed by atoms with Crippen molar-refractivity contribution in [3.8, 4) is 5.69 Å². The van der Waals surface area contributed by atoms with Crippen LogP contribution in [-0.2, 0) is 11.3 Å². The van der Waals surface area contributed by atoms with Crippen LogP contribution in [0, 0.1) is 5.82 Å². The van der Waals surface area contributed by atoms with Crippen molar-refractivity contribution in [2.75, 3.05) is 26.2 Å². The quantitative estimate of drug-likeness (QED) is 0.343. The Morgan fingerprint density at radius 2 is 1.84 bits per heavy atom. The van der Waals surface area contributed by atoms with Crippen molar-refractivity contribution in [2.24, 2.45) is 0 Å². The fourth-order valence-electron chi connectivity index (χ4n) is 5.99. The van der Waals surface area contributed by atoms with Gasteiger partial charge in [-0.15, -0.1) is 0 Å². The van der Waals surface area contributed by atoms with Gasteiger partial charge in [0.15, 0.2) is 5.65 Å². The molecule has 2 N–H and O–H groups in total. The molecule has 6 rings (SSSR count). The number of rotatable bonds is 5. The molecule has 0 spiro atoms. The zero-order valence-corrected chi connectivity index (χ0v) is 24.7. The van der Waals surface area contributed by atoms with Gasteiger partial charge in [-0.2, -0.15) is 0 Å². The highest BCUT2D eigenvalue weighted by Gasteiger charge is 2.36. The standard InChI is InChI=1S/C31H31ClFN5O6/c1-19-15-37(30(41)42)25(16-44-19)20-6-8-21(9-7-20)38-26(32)14-23-27(38)34-18-36(29(23)40)17-31(43)10-12-35(13-11-31)28(39)22-4-2-3-5-24(22)33/h2-9,14,18-19,25,43H,10-13,15-17H2,1H3,(H,41,42)/t19-,25-/m0/s1. The highest BCUT2D eigenvalue weighted by atomic mass is 35.5. The predicted octanol–water partition coefficient (Wildman–Crippen LogP) is 4.09. The number of ether oxygens (including phenoxy) is 1. The lowest BCUT2D eigenvalue weighted by molar-refractivity contribution is -0.0465. The molecule has 2 aromatic heterocycles. The molecule has 2 saturated heterocycles. The van der Waals surface area contributed by atoms with Crippen LogP contribution in [0.25, 0.3) is 16.7 Å². The molecule has 0 unspecified atom stereocenters. The van der Waals surface area contributed by atoms with Gasteiger partial charge >= 0.3 is 6.09 Å². The first-order valence-electron chi connectivity index (χ1n) is 14.3. The van der Waals surface area contributed by atoms with Gasteiger partial charge < -0.3 is 19.8 Å². The average molecular weight is 624 g/mol. The molecular weight excluding hydrogens is 593 g/mol. The van der Waals surface area contributed by atoms with Crippen molar-refractivity contribution in [3.05, 3.63) is 93.4 Å². The summed E-state index contributed by atoms with van der Waals surface area (Å²) >= 11 is 6.58. The number of aliphatic hydroxyl groups is 1. The summed E-state index contributed by atoms with van der Waals surface area (Å²) in [7, 11) is 0. The first-order valence-corrected chi connectivity index (χ1v) is 14.7. The van der Waals surface area contributed by atoms with Crippen LogP contribution in [0.15, 0.2) is 65.7 Å². The molecule has 2 aromatic carbocycles. The first-order chi connectivity index (χ1) is 21.0. The minimum atomic E-state index is -1.27. The average Bonchev–Trinajstić information content (AvgIpc) is 3.35. The number of likely N-dealkylation sites (tertiary alicyclic amines) is 1. The summed E-state index contributed by atoms with van der Waals surface area (Å²) in [5, 5.41) is 21.5. The minimum absolute atomic E-state index is 0.0142. The number of carboxylic acid groups (broad SMARTS) is 1. The third-order valence-electron chi connectivity index (χ3n) is 8.44. The normalized spacial score (nSPS) is 20.2. The lowest BCUT2D eigenvalue weighted by Crippen LogP contribution is -2.49. The Kier molecular flexibility index (Phi) is 7.91. The lowest BCUT2D eigenvalue weighted by atomic mass is 9.91. The summed E-state index contributed by atoms with van der Waals surface area (Å²) in [6, 6.07) is 14.0. The van der Waals surface area contributed by atoms with Crippen molar-refractivity contribution in [1.29, 1.82) is 0 Å². The summed E-state index contributed by atoms with van der Waals surface area (Å²) in [6.07, 6.45) is 0.573. The molecule has 2 fully saturated rings. The molecule has 13 heteroatoms. The Balaban J connectivity index is 1.19. The molecule has 0 saturated carbocycles. The Bertz CT molecular complexity index is 1780. The summed E-state index contributed by atoms with van der Waals surface area (Å²) in [5.74, 6) is -1.03. The van der Waals surface area contributed by atoms with Crippen LogP contribution >= 0.6 is 11.6 Å². The van der Waals surface area contributed by atoms with E-state index in [1.807, 2.05) is 6.92 Å². The molecule has 230 valence electrons. The summed E-state index contributed by atoms with van der Waals surface area (Å²) in [5.41, 5.74) is 0.0774. The van der Waals surface area contributed by atoms with Crippen LogP contribution in [0.5, 0.6) is 0 Å². The van der Waals surface area contributed by atoms with Crippen LogP contribution in [0.3, 0.4) is 0 Å². The van der Waals surface area contributed by atoms with Crippen molar-refractivity contribution in [2.45, 2.75) is 44.1 Å². The van der Waals surface area contributed by atoms with Gasteiger partial charge in [0, 0.05) is 18.8 Å². The molecule has 0 radical (unpaired) electrons. The number of hydrogen-bond acceptors (Lipinski definition) is 6. The van der Waals surface area contributed by atoms with E-state index in [0.29, 0.717) is 11.3 Å². The molecule has 2 aliphatic heterocycles. The molecule has 44 heavy (non-hydrogen) atoms. The second-order valence-electron chi connectivity index (χ2n) is 11.4. The summed E-state index contributed by atoms with van der Waals surface area (Å²) in [6.45, 7) is 2.73. The van der Waals surface area contributed by atoms with Gasteiger partial charge in [-0.25, -0.2) is 14.2 Å². The van der Waals surface area contributed by atoms with Crippen molar-refractivity contribution in [1.82, 2.24) is 23.9 Å². The third kappa shape index (κ3) is 5.56. The van der Waals surface area contributed by atoms with Gasteiger partial charge in [0.25, 0.3) is 11.5 Å². The number of halogens is 2. The molecule has 11 nitrogen and oxygen atoms in total. The van der Waals surface area contributed by atoms with E-state index in [1.165, 1.54) is 45.0 Å². The Labute approximate surface area is 256 Å². The maximum Gasteiger partial charge on any atom is 0.407 e. The molecule has 2 atom stereocenters. The predicted molar refractivity (Wildman–Crippen MR) is 160 cm³/mol. The van der Waals surface area contributed by atoms with E-state index in [2.05, 4.69) is 4.98 Å². The van der Waals surface area contributed by atoms with Crippen LogP contribution in [0.1, 0.15) is 41.7 Å². The van der Waals surface area contributed by atoms with Crippen molar-refractivity contribution < 1.29 is 28.9 Å². The molecular formula is C31H31ClFN5O6. The Morgan fingerprint density at radius 3 is 2.52 bits per heavy atom. The van der Waals surface area contributed by atoms with Gasteiger partial charge in [0.05, 0.1) is 48.4 Å². The number of carbonyl (C=O) groups is 2. The number of nitrogens with zero attached hydrogens (tertiary/aromatic N) is 5. The second-order valence-corrected chi connectivity index (χ2v) is 11.8. The Hall–Kier alpha value is -4.26. The van der Waals surface area contributed by atoms with E-state index >= 15 is 0 Å². The fraction of sp³-hybridized carbons (Fsp3) is 0.355. The monoisotopic (exact) mass is 623 g/mol. The lowest BCUT2D eigenvalue weighted by Gasteiger charge is -2.38. The van der Waals surface area contributed by atoms with E-state index in [1.54, 1.807) is 34.9 Å². The molecule has 2 aliphatic rings. The SMILES string of the molecule is C[C@H]1CN(C(=O)O)[C@H](c2ccc(-n3c(Cl)cc4c(=O)n(CC5(O)CCN(C(=O)c6ccccc6F)CC5)cnc43)cc2)CO1. The van der Waals surface area contributed by atoms with E-state index in [4.69, 9.17) is 16.3 Å². The first kappa shape index (κ1) is 29.8. The minimum Gasteiger partial charge on any atom is -0.465 e. The highest BCUT2D eigenvalue weighted by Crippen LogP contribution is 2.30. The largest absolute Gasteiger partial charge is 0.465 e. The van der Waals surface area contributed by atoms with E-state index in [0.717, 1.165) is 5.56 Å². The number of hydrogen-bond donors (Lipinski definition) is 2. The van der Waals surface area contributed by atoms with Gasteiger partial charge in [0.2, 0.25) is 0 Å². The van der Waals surface area contributed by atoms with Gasteiger partial charge in [0.1, 0.15) is 17.3 Å². The smallest absolute Gasteiger partial charge is 0.407 e. The zero-order valence-electron chi connectivity index (χ0n) is 23.9.